The Hall–Kier alpha value is -2.75. The van der Waals surface area contributed by atoms with E-state index in [0.717, 1.165) is 11.1 Å². The fourth-order valence-corrected chi connectivity index (χ4v) is 2.29. The quantitative estimate of drug-likeness (QED) is 0.599. The van der Waals surface area contributed by atoms with Crippen molar-refractivity contribution in [3.05, 3.63) is 59.2 Å². The number of rotatable bonds is 6. The third kappa shape index (κ3) is 3.72. The Morgan fingerprint density at radius 3 is 2.13 bits per heavy atom. The first-order valence-electron chi connectivity index (χ1n) is 7.18. The number of carbonyl (C=O) groups excluding carboxylic acids is 1. The van der Waals surface area contributed by atoms with Gasteiger partial charge in [0.2, 0.25) is 0 Å². The van der Waals surface area contributed by atoms with Crippen LogP contribution in [-0.2, 0) is 0 Å². The van der Waals surface area contributed by atoms with E-state index in [1.165, 1.54) is 6.08 Å². The molecule has 4 nitrogen and oxygen atoms in total. The number of hydrogen-bond donors (Lipinski definition) is 0. The van der Waals surface area contributed by atoms with Gasteiger partial charge in [0.05, 0.1) is 21.3 Å². The van der Waals surface area contributed by atoms with Crippen molar-refractivity contribution in [2.45, 2.75) is 6.92 Å². The summed E-state index contributed by atoms with van der Waals surface area (Å²) in [7, 11) is 4.70. The summed E-state index contributed by atoms with van der Waals surface area (Å²) in [5.74, 6) is 1.71. The number of benzene rings is 2. The Labute approximate surface area is 136 Å². The van der Waals surface area contributed by atoms with Crippen LogP contribution in [0.3, 0.4) is 0 Å². The normalized spacial score (nSPS) is 10.6. The van der Waals surface area contributed by atoms with Crippen LogP contribution in [-0.4, -0.2) is 27.1 Å². The second kappa shape index (κ2) is 7.49. The van der Waals surface area contributed by atoms with Crippen molar-refractivity contribution in [3.8, 4) is 17.2 Å². The van der Waals surface area contributed by atoms with Crippen LogP contribution < -0.4 is 14.2 Å². The lowest BCUT2D eigenvalue weighted by Gasteiger charge is -2.12. The molecule has 0 atom stereocenters. The first kappa shape index (κ1) is 16.6. The summed E-state index contributed by atoms with van der Waals surface area (Å²) < 4.78 is 15.9. The number of hydrogen-bond acceptors (Lipinski definition) is 4. The van der Waals surface area contributed by atoms with E-state index in [2.05, 4.69) is 0 Å². The van der Waals surface area contributed by atoms with E-state index in [-0.39, 0.29) is 5.78 Å². The summed E-state index contributed by atoms with van der Waals surface area (Å²) in [6.45, 7) is 1.91. The van der Waals surface area contributed by atoms with E-state index in [0.29, 0.717) is 22.8 Å². The van der Waals surface area contributed by atoms with E-state index < -0.39 is 0 Å². The Balaban J connectivity index is 2.35. The molecule has 0 unspecified atom stereocenters. The zero-order valence-corrected chi connectivity index (χ0v) is 13.8. The number of ether oxygens (including phenoxy) is 3. The maximum Gasteiger partial charge on any atom is 0.186 e. The molecule has 0 spiro atoms. The van der Waals surface area contributed by atoms with Gasteiger partial charge in [-0.05, 0) is 30.7 Å². The molecule has 0 amide bonds. The Bertz CT molecular complexity index is 732. The molecule has 2 aromatic carbocycles. The van der Waals surface area contributed by atoms with Crippen LogP contribution in [0.1, 0.15) is 21.5 Å². The fraction of sp³-hybridized carbons (Fsp3) is 0.211. The van der Waals surface area contributed by atoms with Gasteiger partial charge < -0.3 is 14.2 Å². The molecule has 0 aromatic heterocycles. The molecule has 0 aliphatic carbocycles. The van der Waals surface area contributed by atoms with Crippen molar-refractivity contribution in [2.24, 2.45) is 0 Å². The fourth-order valence-electron chi connectivity index (χ4n) is 2.29. The van der Waals surface area contributed by atoms with Crippen molar-refractivity contribution in [3.63, 3.8) is 0 Å². The molecule has 0 radical (unpaired) electrons. The van der Waals surface area contributed by atoms with Gasteiger partial charge in [0.1, 0.15) is 5.75 Å². The first-order valence-corrected chi connectivity index (χ1v) is 7.18. The summed E-state index contributed by atoms with van der Waals surface area (Å²) in [4.78, 5) is 12.3. The topological polar surface area (TPSA) is 44.8 Å². The van der Waals surface area contributed by atoms with Gasteiger partial charge in [0, 0.05) is 17.2 Å². The molecule has 0 heterocycles. The van der Waals surface area contributed by atoms with E-state index in [9.17, 15) is 4.79 Å². The van der Waals surface area contributed by atoms with Crippen LogP contribution in [0.2, 0.25) is 0 Å². The minimum absolute atomic E-state index is 0.0556. The summed E-state index contributed by atoms with van der Waals surface area (Å²) in [6, 6.07) is 11.0. The molecule has 0 N–H and O–H groups in total. The van der Waals surface area contributed by atoms with Crippen molar-refractivity contribution in [1.82, 2.24) is 0 Å². The molecule has 0 aliphatic rings. The number of allylic oxidation sites excluding steroid dienone is 1. The first-order chi connectivity index (χ1) is 11.1. The van der Waals surface area contributed by atoms with Crippen molar-refractivity contribution in [1.29, 1.82) is 0 Å². The van der Waals surface area contributed by atoms with Gasteiger partial charge in [-0.15, -0.1) is 0 Å². The van der Waals surface area contributed by atoms with Crippen LogP contribution >= 0.6 is 0 Å². The zero-order valence-electron chi connectivity index (χ0n) is 13.8. The van der Waals surface area contributed by atoms with Gasteiger partial charge in [-0.3, -0.25) is 4.79 Å². The van der Waals surface area contributed by atoms with Crippen molar-refractivity contribution >= 4 is 11.9 Å². The lowest BCUT2D eigenvalue weighted by molar-refractivity contribution is 0.104. The molecular weight excluding hydrogens is 292 g/mol. The van der Waals surface area contributed by atoms with Crippen LogP contribution in [0.25, 0.3) is 6.08 Å². The molecule has 4 heteroatoms. The third-order valence-corrected chi connectivity index (χ3v) is 3.56. The molecule has 0 saturated heterocycles. The van der Waals surface area contributed by atoms with Gasteiger partial charge >= 0.3 is 0 Å². The second-order valence-corrected chi connectivity index (χ2v) is 4.96. The van der Waals surface area contributed by atoms with Gasteiger partial charge in [0.15, 0.2) is 17.3 Å². The Morgan fingerprint density at radius 2 is 1.52 bits per heavy atom. The number of methoxy groups -OCH3 is 3. The van der Waals surface area contributed by atoms with Crippen LogP contribution in [0.15, 0.2) is 42.5 Å². The van der Waals surface area contributed by atoms with Crippen molar-refractivity contribution < 1.29 is 19.0 Å². The van der Waals surface area contributed by atoms with E-state index >= 15 is 0 Å². The lowest BCUT2D eigenvalue weighted by Crippen LogP contribution is -1.98. The SMILES string of the molecule is COc1cc(OC)c(OC)cc1/C=C/C(=O)c1ccccc1C. The Morgan fingerprint density at radius 1 is 0.913 bits per heavy atom. The lowest BCUT2D eigenvalue weighted by atomic mass is 10.0. The summed E-state index contributed by atoms with van der Waals surface area (Å²) in [5.41, 5.74) is 2.37. The second-order valence-electron chi connectivity index (χ2n) is 4.96. The molecule has 0 aliphatic heterocycles. The number of ketones is 1. The average molecular weight is 312 g/mol. The summed E-state index contributed by atoms with van der Waals surface area (Å²) in [5, 5.41) is 0. The summed E-state index contributed by atoms with van der Waals surface area (Å²) in [6.07, 6.45) is 3.25. The number of aryl methyl sites for hydroxylation is 1. The van der Waals surface area contributed by atoms with E-state index in [1.54, 1.807) is 39.5 Å². The third-order valence-electron chi connectivity index (χ3n) is 3.56. The highest BCUT2D eigenvalue weighted by Gasteiger charge is 2.11. The van der Waals surface area contributed by atoms with Crippen LogP contribution in [0.4, 0.5) is 0 Å². The summed E-state index contributed by atoms with van der Waals surface area (Å²) >= 11 is 0. The average Bonchev–Trinajstić information content (AvgIpc) is 2.59. The van der Waals surface area contributed by atoms with Crippen LogP contribution in [0.5, 0.6) is 17.2 Å². The number of carbonyl (C=O) groups is 1. The van der Waals surface area contributed by atoms with E-state index in [4.69, 9.17) is 14.2 Å². The largest absolute Gasteiger partial charge is 0.496 e. The molecule has 0 bridgehead atoms. The predicted molar refractivity (Wildman–Crippen MR) is 90.6 cm³/mol. The Kier molecular flexibility index (Phi) is 5.41. The highest BCUT2D eigenvalue weighted by molar-refractivity contribution is 6.07. The molecule has 23 heavy (non-hydrogen) atoms. The molecule has 2 aromatic rings. The standard InChI is InChI=1S/C19H20O4/c1-13-7-5-6-8-15(13)16(20)10-9-14-11-18(22-3)19(23-4)12-17(14)21-2/h5-12H,1-4H3/b10-9+. The minimum Gasteiger partial charge on any atom is -0.496 e. The molecule has 0 saturated carbocycles. The molecule has 0 fully saturated rings. The van der Waals surface area contributed by atoms with Gasteiger partial charge in [-0.1, -0.05) is 24.3 Å². The van der Waals surface area contributed by atoms with Gasteiger partial charge in [0.25, 0.3) is 0 Å². The zero-order chi connectivity index (χ0) is 16.8. The monoisotopic (exact) mass is 312 g/mol. The molecule has 2 rings (SSSR count). The van der Waals surface area contributed by atoms with Crippen molar-refractivity contribution in [2.75, 3.05) is 21.3 Å². The molecular formula is C19H20O4. The smallest absolute Gasteiger partial charge is 0.186 e. The van der Waals surface area contributed by atoms with Gasteiger partial charge in [-0.25, -0.2) is 0 Å². The highest BCUT2D eigenvalue weighted by atomic mass is 16.5. The maximum atomic E-state index is 12.3. The molecule has 120 valence electrons. The maximum absolute atomic E-state index is 12.3. The minimum atomic E-state index is -0.0556. The predicted octanol–water partition coefficient (Wildman–Crippen LogP) is 3.92. The van der Waals surface area contributed by atoms with Crippen LogP contribution in [0, 0.1) is 6.92 Å². The highest BCUT2D eigenvalue weighted by Crippen LogP contribution is 2.35. The van der Waals surface area contributed by atoms with E-state index in [1.807, 2.05) is 31.2 Å². The van der Waals surface area contributed by atoms with Gasteiger partial charge in [-0.2, -0.15) is 0 Å².